The summed E-state index contributed by atoms with van der Waals surface area (Å²) in [6.07, 6.45) is 10.7. The highest BCUT2D eigenvalue weighted by molar-refractivity contribution is 5.74. The van der Waals surface area contributed by atoms with Crippen LogP contribution in [-0.4, -0.2) is 9.97 Å². The highest BCUT2D eigenvalue weighted by atomic mass is 14.8. The van der Waals surface area contributed by atoms with Gasteiger partial charge in [0.15, 0.2) is 0 Å². The monoisotopic (exact) mass is 218 g/mol. The van der Waals surface area contributed by atoms with E-state index in [1.807, 2.05) is 24.4 Å². The van der Waals surface area contributed by atoms with Crippen LogP contribution in [0.25, 0.3) is 11.0 Å². The van der Waals surface area contributed by atoms with Crippen molar-refractivity contribution < 1.29 is 0 Å². The second-order valence-electron chi connectivity index (χ2n) is 3.98. The van der Waals surface area contributed by atoms with Crippen molar-refractivity contribution in [3.05, 3.63) is 30.6 Å². The lowest BCUT2D eigenvalue weighted by Gasteiger charge is -1.90. The first-order valence-corrected chi connectivity index (χ1v) is 6.26. The van der Waals surface area contributed by atoms with E-state index in [0.29, 0.717) is 0 Å². The lowest BCUT2D eigenvalue weighted by molar-refractivity contribution is 0.656. The van der Waals surface area contributed by atoms with Crippen LogP contribution in [0.4, 0.5) is 0 Å². The summed E-state index contributed by atoms with van der Waals surface area (Å²) in [6, 6.07) is 5.96. The van der Waals surface area contributed by atoms with E-state index in [4.69, 9.17) is 0 Å². The third-order valence-electron chi connectivity index (χ3n) is 2.53. The minimum Gasteiger partial charge on any atom is -0.346 e. The van der Waals surface area contributed by atoms with Gasteiger partial charge in [0, 0.05) is 17.8 Å². The molecule has 0 aliphatic carbocycles. The Bertz CT molecular complexity index is 345. The van der Waals surface area contributed by atoms with Gasteiger partial charge in [-0.1, -0.05) is 46.0 Å². The summed E-state index contributed by atoms with van der Waals surface area (Å²) in [6.45, 7) is 4.49. The van der Waals surface area contributed by atoms with Crippen molar-refractivity contribution in [2.24, 2.45) is 0 Å². The number of aromatic nitrogens is 2. The number of rotatable bonds is 4. The van der Waals surface area contributed by atoms with E-state index in [-0.39, 0.29) is 0 Å². The molecule has 0 bridgehead atoms. The zero-order chi connectivity index (χ0) is 11.6. The third kappa shape index (κ3) is 4.47. The number of hydrogen-bond donors (Lipinski definition) is 1. The van der Waals surface area contributed by atoms with E-state index in [0.717, 1.165) is 11.0 Å². The Kier molecular flexibility index (Phi) is 6.31. The molecular weight excluding hydrogens is 196 g/mol. The van der Waals surface area contributed by atoms with E-state index in [1.54, 1.807) is 6.20 Å². The van der Waals surface area contributed by atoms with Crippen molar-refractivity contribution >= 4 is 11.0 Å². The maximum atomic E-state index is 4.09. The van der Waals surface area contributed by atoms with Crippen LogP contribution in [0.1, 0.15) is 46.0 Å². The first-order chi connectivity index (χ1) is 7.88. The normalized spacial score (nSPS) is 9.88. The molecule has 2 heteroatoms. The Balaban J connectivity index is 0.000000168. The Morgan fingerprint density at radius 3 is 2.44 bits per heavy atom. The quantitative estimate of drug-likeness (QED) is 0.750. The summed E-state index contributed by atoms with van der Waals surface area (Å²) >= 11 is 0. The van der Waals surface area contributed by atoms with Gasteiger partial charge >= 0.3 is 0 Å². The molecule has 2 heterocycles. The van der Waals surface area contributed by atoms with Crippen molar-refractivity contribution in [3.63, 3.8) is 0 Å². The fourth-order valence-electron chi connectivity index (χ4n) is 1.56. The minimum absolute atomic E-state index is 0.956. The van der Waals surface area contributed by atoms with Crippen molar-refractivity contribution in [2.75, 3.05) is 0 Å². The highest BCUT2D eigenvalue weighted by Crippen LogP contribution is 2.05. The van der Waals surface area contributed by atoms with Gasteiger partial charge in [-0.3, -0.25) is 0 Å². The van der Waals surface area contributed by atoms with Gasteiger partial charge in [0.25, 0.3) is 0 Å². The van der Waals surface area contributed by atoms with E-state index in [9.17, 15) is 0 Å². The van der Waals surface area contributed by atoms with Crippen molar-refractivity contribution in [1.82, 2.24) is 9.97 Å². The van der Waals surface area contributed by atoms with Crippen LogP contribution in [-0.2, 0) is 0 Å². The number of fused-ring (bicyclic) bond motifs is 1. The second kappa shape index (κ2) is 7.91. The van der Waals surface area contributed by atoms with Gasteiger partial charge in [-0.15, -0.1) is 0 Å². The molecule has 0 radical (unpaired) electrons. The molecule has 0 atom stereocenters. The van der Waals surface area contributed by atoms with Crippen LogP contribution >= 0.6 is 0 Å². The fraction of sp³-hybridized carbons (Fsp3) is 0.500. The highest BCUT2D eigenvalue weighted by Gasteiger charge is 1.88. The van der Waals surface area contributed by atoms with Crippen molar-refractivity contribution in [1.29, 1.82) is 0 Å². The Morgan fingerprint density at radius 1 is 1.06 bits per heavy atom. The molecule has 2 nitrogen and oxygen atoms in total. The zero-order valence-electron chi connectivity index (χ0n) is 10.4. The topological polar surface area (TPSA) is 28.7 Å². The van der Waals surface area contributed by atoms with Gasteiger partial charge in [0.05, 0.1) is 0 Å². The molecule has 0 aliphatic heterocycles. The molecule has 0 fully saturated rings. The van der Waals surface area contributed by atoms with Crippen LogP contribution in [0.15, 0.2) is 30.6 Å². The van der Waals surface area contributed by atoms with Gasteiger partial charge in [0.1, 0.15) is 5.65 Å². The summed E-state index contributed by atoms with van der Waals surface area (Å²) < 4.78 is 0. The molecular formula is C14H22N2. The average molecular weight is 218 g/mol. The predicted octanol–water partition coefficient (Wildman–Crippen LogP) is 4.54. The number of H-pyrrole nitrogens is 1. The summed E-state index contributed by atoms with van der Waals surface area (Å²) in [5, 5.41) is 1.16. The zero-order valence-corrected chi connectivity index (χ0v) is 10.4. The number of nitrogens with one attached hydrogen (secondary N) is 1. The van der Waals surface area contributed by atoms with Gasteiger partial charge < -0.3 is 4.98 Å². The van der Waals surface area contributed by atoms with Crippen molar-refractivity contribution in [2.45, 2.75) is 46.0 Å². The largest absolute Gasteiger partial charge is 0.346 e. The number of unbranched alkanes of at least 4 members (excludes halogenated alkanes) is 4. The first kappa shape index (κ1) is 12.8. The minimum atomic E-state index is 0.956. The molecule has 16 heavy (non-hydrogen) atoms. The summed E-state index contributed by atoms with van der Waals surface area (Å²) in [5.74, 6) is 0. The smallest absolute Gasteiger partial charge is 0.137 e. The number of hydrogen-bond acceptors (Lipinski definition) is 1. The second-order valence-corrected chi connectivity index (χ2v) is 3.98. The maximum Gasteiger partial charge on any atom is 0.137 e. The molecule has 2 rings (SSSR count). The number of aromatic amines is 1. The number of nitrogens with zero attached hydrogens (tertiary/aromatic N) is 1. The molecule has 0 amide bonds. The van der Waals surface area contributed by atoms with E-state index in [2.05, 4.69) is 23.8 Å². The van der Waals surface area contributed by atoms with Gasteiger partial charge in [-0.25, -0.2) is 4.98 Å². The van der Waals surface area contributed by atoms with Gasteiger partial charge in [-0.2, -0.15) is 0 Å². The molecule has 1 N–H and O–H groups in total. The van der Waals surface area contributed by atoms with E-state index < -0.39 is 0 Å². The predicted molar refractivity (Wildman–Crippen MR) is 70.5 cm³/mol. The SMILES string of the molecule is CCCCCCC.c1cnc2[nH]ccc2c1. The molecule has 2 aromatic heterocycles. The van der Waals surface area contributed by atoms with Crippen LogP contribution in [0.5, 0.6) is 0 Å². The summed E-state index contributed by atoms with van der Waals surface area (Å²) in [4.78, 5) is 7.09. The molecule has 0 aromatic carbocycles. The van der Waals surface area contributed by atoms with E-state index in [1.165, 1.54) is 32.1 Å². The van der Waals surface area contributed by atoms with Crippen LogP contribution in [0.2, 0.25) is 0 Å². The van der Waals surface area contributed by atoms with Gasteiger partial charge in [-0.05, 0) is 18.2 Å². The first-order valence-electron chi connectivity index (χ1n) is 6.26. The van der Waals surface area contributed by atoms with Crippen molar-refractivity contribution in [3.8, 4) is 0 Å². The van der Waals surface area contributed by atoms with Gasteiger partial charge in [0.2, 0.25) is 0 Å². The standard InChI is InChI=1S/C7H6N2.C7H16/c1-2-6-3-5-9-7(6)8-4-1;1-3-5-7-6-4-2/h1-5H,(H,8,9);3-7H2,1-2H3. The molecule has 2 aromatic rings. The lowest BCUT2D eigenvalue weighted by Crippen LogP contribution is -1.70. The Hall–Kier alpha value is -1.31. The molecule has 0 aliphatic rings. The Morgan fingerprint density at radius 2 is 1.81 bits per heavy atom. The fourth-order valence-corrected chi connectivity index (χ4v) is 1.56. The molecule has 0 unspecified atom stereocenters. The maximum absolute atomic E-state index is 4.09. The lowest BCUT2D eigenvalue weighted by atomic mass is 10.2. The van der Waals surface area contributed by atoms with E-state index >= 15 is 0 Å². The number of pyridine rings is 1. The Labute approximate surface area is 98.1 Å². The van der Waals surface area contributed by atoms with Crippen LogP contribution in [0, 0.1) is 0 Å². The molecule has 88 valence electrons. The molecule has 0 spiro atoms. The van der Waals surface area contributed by atoms with Crippen LogP contribution < -0.4 is 0 Å². The molecule has 0 saturated heterocycles. The summed E-state index contributed by atoms with van der Waals surface area (Å²) in [7, 11) is 0. The molecule has 0 saturated carbocycles. The van der Waals surface area contributed by atoms with Crippen LogP contribution in [0.3, 0.4) is 0 Å². The summed E-state index contributed by atoms with van der Waals surface area (Å²) in [5.41, 5.74) is 0.956. The third-order valence-corrected chi connectivity index (χ3v) is 2.53. The average Bonchev–Trinajstić information content (AvgIpc) is 2.78.